The average Bonchev–Trinajstić information content (AvgIpc) is 2.94. The van der Waals surface area contributed by atoms with Crippen molar-refractivity contribution >= 4 is 21.8 Å². The molecule has 0 unspecified atom stereocenters. The van der Waals surface area contributed by atoms with Gasteiger partial charge in [-0.1, -0.05) is 0 Å². The fourth-order valence-electron chi connectivity index (χ4n) is 2.47. The van der Waals surface area contributed by atoms with E-state index in [0.29, 0.717) is 12.1 Å². The molecule has 1 amide bonds. The molecule has 0 aliphatic heterocycles. The summed E-state index contributed by atoms with van der Waals surface area (Å²) in [5, 5.41) is 11.7. The molecule has 0 fully saturated rings. The largest absolute Gasteiger partial charge is 0.352 e. The van der Waals surface area contributed by atoms with Crippen LogP contribution >= 0.6 is 15.9 Å². The molecule has 6 nitrogen and oxygen atoms in total. The van der Waals surface area contributed by atoms with Gasteiger partial charge in [0, 0.05) is 31.5 Å². The Bertz CT molecular complexity index is 654. The molecular formula is C15H22BrN5O. The number of hydrogen-bond acceptors (Lipinski definition) is 3. The third-order valence-electron chi connectivity index (χ3n) is 3.64. The van der Waals surface area contributed by atoms with Gasteiger partial charge in [-0.25, -0.2) is 0 Å². The van der Waals surface area contributed by atoms with Gasteiger partial charge in [-0.2, -0.15) is 10.2 Å². The molecule has 0 aliphatic rings. The zero-order chi connectivity index (χ0) is 16.3. The summed E-state index contributed by atoms with van der Waals surface area (Å²) in [5.74, 6) is -0.0486. The van der Waals surface area contributed by atoms with Crippen molar-refractivity contribution in [3.05, 3.63) is 33.3 Å². The first kappa shape index (κ1) is 16.7. The fourth-order valence-corrected chi connectivity index (χ4v) is 2.79. The quantitative estimate of drug-likeness (QED) is 0.798. The summed E-state index contributed by atoms with van der Waals surface area (Å²) < 4.78 is 4.75. The highest BCUT2D eigenvalue weighted by molar-refractivity contribution is 9.10. The number of aromatic nitrogens is 4. The zero-order valence-electron chi connectivity index (χ0n) is 13.5. The van der Waals surface area contributed by atoms with Gasteiger partial charge in [0.25, 0.3) is 5.91 Å². The molecule has 0 bridgehead atoms. The molecule has 0 aromatic carbocycles. The SMILES string of the molecule is CCn1nc(C)c(C(=O)NCCCn2cc(Br)c(C)n2)c1C. The number of aryl methyl sites for hydroxylation is 4. The minimum Gasteiger partial charge on any atom is -0.352 e. The molecule has 0 atom stereocenters. The standard InChI is InChI=1S/C15H22BrN5O/c1-5-21-12(4)14(11(3)19-21)15(22)17-7-6-8-20-9-13(16)10(2)18-20/h9H,5-8H2,1-4H3,(H,17,22). The smallest absolute Gasteiger partial charge is 0.255 e. The summed E-state index contributed by atoms with van der Waals surface area (Å²) in [6, 6.07) is 0. The maximum Gasteiger partial charge on any atom is 0.255 e. The van der Waals surface area contributed by atoms with Crippen LogP contribution in [0, 0.1) is 20.8 Å². The molecule has 22 heavy (non-hydrogen) atoms. The first-order valence-corrected chi connectivity index (χ1v) is 8.25. The molecule has 2 rings (SSSR count). The molecule has 2 heterocycles. The van der Waals surface area contributed by atoms with Crippen LogP contribution in [0.1, 0.15) is 40.8 Å². The van der Waals surface area contributed by atoms with Gasteiger partial charge in [0.15, 0.2) is 0 Å². The molecule has 0 spiro atoms. The van der Waals surface area contributed by atoms with Crippen LogP contribution in [-0.4, -0.2) is 32.0 Å². The molecule has 2 aromatic heterocycles. The monoisotopic (exact) mass is 367 g/mol. The highest BCUT2D eigenvalue weighted by Gasteiger charge is 2.17. The van der Waals surface area contributed by atoms with Crippen LogP contribution in [0.3, 0.4) is 0 Å². The predicted molar refractivity (Wildman–Crippen MR) is 89.0 cm³/mol. The molecule has 0 saturated heterocycles. The number of carbonyl (C=O) groups is 1. The Morgan fingerprint density at radius 3 is 2.55 bits per heavy atom. The van der Waals surface area contributed by atoms with Gasteiger partial charge in [0.05, 0.1) is 21.4 Å². The molecule has 0 saturated carbocycles. The second kappa shape index (κ2) is 7.09. The van der Waals surface area contributed by atoms with E-state index in [4.69, 9.17) is 0 Å². The molecule has 0 aliphatic carbocycles. The second-order valence-electron chi connectivity index (χ2n) is 5.30. The topological polar surface area (TPSA) is 64.7 Å². The van der Waals surface area contributed by atoms with Crippen molar-refractivity contribution in [3.8, 4) is 0 Å². The number of nitrogens with zero attached hydrogens (tertiary/aromatic N) is 4. The lowest BCUT2D eigenvalue weighted by atomic mass is 10.2. The summed E-state index contributed by atoms with van der Waals surface area (Å²) >= 11 is 3.44. The zero-order valence-corrected chi connectivity index (χ0v) is 15.1. The maximum atomic E-state index is 12.3. The number of rotatable bonds is 6. The van der Waals surface area contributed by atoms with Crippen molar-refractivity contribution < 1.29 is 4.79 Å². The number of amides is 1. The van der Waals surface area contributed by atoms with Crippen LogP contribution < -0.4 is 5.32 Å². The minimum atomic E-state index is -0.0486. The molecular weight excluding hydrogens is 346 g/mol. The summed E-state index contributed by atoms with van der Waals surface area (Å²) in [5.41, 5.74) is 3.37. The van der Waals surface area contributed by atoms with Crippen LogP contribution in [-0.2, 0) is 13.1 Å². The van der Waals surface area contributed by atoms with Crippen molar-refractivity contribution in [1.82, 2.24) is 24.9 Å². The van der Waals surface area contributed by atoms with E-state index in [1.54, 1.807) is 0 Å². The van der Waals surface area contributed by atoms with Crippen molar-refractivity contribution in [2.75, 3.05) is 6.54 Å². The van der Waals surface area contributed by atoms with E-state index >= 15 is 0 Å². The molecule has 120 valence electrons. The van der Waals surface area contributed by atoms with Crippen molar-refractivity contribution in [1.29, 1.82) is 0 Å². The van der Waals surface area contributed by atoms with E-state index in [2.05, 4.69) is 31.4 Å². The normalized spacial score (nSPS) is 11.0. The van der Waals surface area contributed by atoms with Crippen LogP contribution in [0.4, 0.5) is 0 Å². The molecule has 1 N–H and O–H groups in total. The fraction of sp³-hybridized carbons (Fsp3) is 0.533. The van der Waals surface area contributed by atoms with Crippen molar-refractivity contribution in [2.45, 2.75) is 47.2 Å². The van der Waals surface area contributed by atoms with Crippen LogP contribution in [0.5, 0.6) is 0 Å². The van der Waals surface area contributed by atoms with Gasteiger partial charge < -0.3 is 5.32 Å². The number of nitrogens with one attached hydrogen (secondary N) is 1. The summed E-state index contributed by atoms with van der Waals surface area (Å²) in [7, 11) is 0. The van der Waals surface area contributed by atoms with Gasteiger partial charge >= 0.3 is 0 Å². The summed E-state index contributed by atoms with van der Waals surface area (Å²) in [4.78, 5) is 12.3. The highest BCUT2D eigenvalue weighted by atomic mass is 79.9. The second-order valence-corrected chi connectivity index (χ2v) is 6.15. The summed E-state index contributed by atoms with van der Waals surface area (Å²) in [6.45, 7) is 9.95. The first-order chi connectivity index (χ1) is 10.4. The maximum absolute atomic E-state index is 12.3. The third kappa shape index (κ3) is 3.58. The van der Waals surface area contributed by atoms with Crippen LogP contribution in [0.2, 0.25) is 0 Å². The Morgan fingerprint density at radius 2 is 2.00 bits per heavy atom. The molecule has 7 heteroatoms. The highest BCUT2D eigenvalue weighted by Crippen LogP contribution is 2.14. The predicted octanol–water partition coefficient (Wildman–Crippen LogP) is 2.61. The Kier molecular flexibility index (Phi) is 5.39. The third-order valence-corrected chi connectivity index (χ3v) is 4.42. The summed E-state index contributed by atoms with van der Waals surface area (Å²) in [6.07, 6.45) is 2.79. The van der Waals surface area contributed by atoms with E-state index in [0.717, 1.165) is 41.1 Å². The Balaban J connectivity index is 1.87. The van der Waals surface area contributed by atoms with Crippen LogP contribution in [0.15, 0.2) is 10.7 Å². The van der Waals surface area contributed by atoms with Gasteiger partial charge in [-0.15, -0.1) is 0 Å². The number of carbonyl (C=O) groups excluding carboxylic acids is 1. The molecule has 0 radical (unpaired) electrons. The Hall–Kier alpha value is -1.63. The lowest BCUT2D eigenvalue weighted by molar-refractivity contribution is 0.0951. The molecule has 2 aromatic rings. The Labute approximate surface area is 139 Å². The van der Waals surface area contributed by atoms with E-state index in [1.807, 2.05) is 43.3 Å². The lowest BCUT2D eigenvalue weighted by Gasteiger charge is -2.06. The van der Waals surface area contributed by atoms with Crippen molar-refractivity contribution in [2.24, 2.45) is 0 Å². The van der Waals surface area contributed by atoms with Gasteiger partial charge in [-0.3, -0.25) is 14.2 Å². The first-order valence-electron chi connectivity index (χ1n) is 7.45. The Morgan fingerprint density at radius 1 is 1.27 bits per heavy atom. The van der Waals surface area contributed by atoms with Gasteiger partial charge in [-0.05, 0) is 50.0 Å². The van der Waals surface area contributed by atoms with Gasteiger partial charge in [0.2, 0.25) is 0 Å². The average molecular weight is 368 g/mol. The number of halogens is 1. The van der Waals surface area contributed by atoms with Gasteiger partial charge in [0.1, 0.15) is 0 Å². The lowest BCUT2D eigenvalue weighted by Crippen LogP contribution is -2.26. The van der Waals surface area contributed by atoms with E-state index in [-0.39, 0.29) is 5.91 Å². The number of hydrogen-bond donors (Lipinski definition) is 1. The van der Waals surface area contributed by atoms with E-state index < -0.39 is 0 Å². The van der Waals surface area contributed by atoms with Crippen molar-refractivity contribution in [3.63, 3.8) is 0 Å². The van der Waals surface area contributed by atoms with Crippen LogP contribution in [0.25, 0.3) is 0 Å². The van der Waals surface area contributed by atoms with E-state index in [9.17, 15) is 4.79 Å². The van der Waals surface area contributed by atoms with E-state index in [1.165, 1.54) is 0 Å². The minimum absolute atomic E-state index is 0.0486.